The quantitative estimate of drug-likeness (QED) is 0.889. The van der Waals surface area contributed by atoms with Crippen LogP contribution in [0, 0.1) is 6.92 Å². The lowest BCUT2D eigenvalue weighted by Gasteiger charge is -2.28. The first-order valence-corrected chi connectivity index (χ1v) is 5.79. The second-order valence-corrected chi connectivity index (χ2v) is 4.81. The summed E-state index contributed by atoms with van der Waals surface area (Å²) < 4.78 is 37.8. The van der Waals surface area contributed by atoms with Crippen molar-refractivity contribution in [1.29, 1.82) is 0 Å². The van der Waals surface area contributed by atoms with Gasteiger partial charge < -0.3 is 11.1 Å². The maximum absolute atomic E-state index is 12.6. The highest BCUT2D eigenvalue weighted by Gasteiger charge is 2.54. The molecule has 0 aliphatic heterocycles. The van der Waals surface area contributed by atoms with E-state index in [2.05, 4.69) is 5.32 Å². The van der Waals surface area contributed by atoms with Gasteiger partial charge in [0.25, 0.3) is 0 Å². The van der Waals surface area contributed by atoms with E-state index in [1.807, 2.05) is 19.1 Å². The molecule has 0 fully saturated rings. The molecule has 0 aliphatic carbocycles. The third-order valence-corrected chi connectivity index (χ3v) is 2.99. The molecule has 0 aromatic heterocycles. The van der Waals surface area contributed by atoms with Gasteiger partial charge in [0.05, 0.1) is 6.04 Å². The minimum Gasteiger partial charge on any atom is -0.348 e. The second-order valence-electron chi connectivity index (χ2n) is 4.81. The van der Waals surface area contributed by atoms with E-state index in [0.717, 1.165) is 11.1 Å². The largest absolute Gasteiger partial charge is 0.415 e. The maximum atomic E-state index is 12.6. The molecule has 1 unspecified atom stereocenters. The summed E-state index contributed by atoms with van der Waals surface area (Å²) in [4.78, 5) is 11.6. The molecule has 106 valence electrons. The number of rotatable bonds is 3. The van der Waals surface area contributed by atoms with Gasteiger partial charge in [-0.15, -0.1) is 0 Å². The molecule has 1 rings (SSSR count). The van der Waals surface area contributed by atoms with Crippen LogP contribution in [-0.2, 0) is 4.79 Å². The van der Waals surface area contributed by atoms with Crippen LogP contribution >= 0.6 is 0 Å². The lowest BCUT2D eigenvalue weighted by Crippen LogP contribution is -2.61. The number of nitrogens with two attached hydrogens (primary N) is 1. The smallest absolute Gasteiger partial charge is 0.348 e. The van der Waals surface area contributed by atoms with Gasteiger partial charge >= 0.3 is 6.18 Å². The van der Waals surface area contributed by atoms with Crippen LogP contribution < -0.4 is 11.1 Å². The number of hydrogen-bond acceptors (Lipinski definition) is 2. The van der Waals surface area contributed by atoms with Crippen LogP contribution in [0.2, 0.25) is 0 Å². The molecule has 1 amide bonds. The number of carbonyl (C=O) groups excluding carboxylic acids is 1. The standard InChI is InChI=1S/C13H17F3N2O/c1-8-4-6-10(7-5-8)9(2)18-11(19)12(3,17)13(14,15)16/h4-7,9H,17H2,1-3H3,(H,18,19)/t9-,12?/m0/s1. The van der Waals surface area contributed by atoms with Gasteiger partial charge in [-0.1, -0.05) is 29.8 Å². The number of nitrogens with one attached hydrogen (secondary N) is 1. The lowest BCUT2D eigenvalue weighted by molar-refractivity contribution is -0.187. The molecule has 0 aliphatic rings. The Bertz CT molecular complexity index is 452. The molecule has 0 spiro atoms. The first kappa shape index (κ1) is 15.5. The van der Waals surface area contributed by atoms with Crippen LogP contribution in [0.1, 0.15) is 31.0 Å². The van der Waals surface area contributed by atoms with Gasteiger partial charge in [-0.3, -0.25) is 4.79 Å². The van der Waals surface area contributed by atoms with E-state index in [9.17, 15) is 18.0 Å². The first-order valence-electron chi connectivity index (χ1n) is 5.79. The summed E-state index contributed by atoms with van der Waals surface area (Å²) in [6, 6.07) is 6.61. The predicted molar refractivity (Wildman–Crippen MR) is 66.4 cm³/mol. The average Bonchev–Trinajstić information content (AvgIpc) is 2.28. The molecule has 0 heterocycles. The Morgan fingerprint density at radius 2 is 1.74 bits per heavy atom. The van der Waals surface area contributed by atoms with Crippen LogP contribution in [-0.4, -0.2) is 17.6 Å². The van der Waals surface area contributed by atoms with Crippen molar-refractivity contribution >= 4 is 5.91 Å². The van der Waals surface area contributed by atoms with E-state index in [-0.39, 0.29) is 0 Å². The van der Waals surface area contributed by atoms with Gasteiger partial charge in [0.2, 0.25) is 5.91 Å². The SMILES string of the molecule is Cc1ccc([C@H](C)NC(=O)C(C)(N)C(F)(F)F)cc1. The van der Waals surface area contributed by atoms with E-state index in [4.69, 9.17) is 5.73 Å². The van der Waals surface area contributed by atoms with Crippen LogP contribution in [0.4, 0.5) is 13.2 Å². The molecule has 6 heteroatoms. The third kappa shape index (κ3) is 3.47. The third-order valence-electron chi connectivity index (χ3n) is 2.99. The molecule has 0 saturated heterocycles. The number of alkyl halides is 3. The molecule has 0 radical (unpaired) electrons. The summed E-state index contributed by atoms with van der Waals surface area (Å²) in [5, 5.41) is 2.28. The van der Waals surface area contributed by atoms with E-state index in [1.165, 1.54) is 0 Å². The van der Waals surface area contributed by atoms with Crippen molar-refractivity contribution in [2.24, 2.45) is 5.73 Å². The fourth-order valence-electron chi connectivity index (χ4n) is 1.41. The normalized spacial score (nSPS) is 16.6. The molecule has 0 saturated carbocycles. The van der Waals surface area contributed by atoms with E-state index in [1.54, 1.807) is 19.1 Å². The minimum absolute atomic E-state index is 0.543. The highest BCUT2D eigenvalue weighted by atomic mass is 19.4. The predicted octanol–water partition coefficient (Wildman–Crippen LogP) is 2.45. The summed E-state index contributed by atoms with van der Waals surface area (Å²) in [6.07, 6.45) is -4.79. The maximum Gasteiger partial charge on any atom is 0.415 e. The summed E-state index contributed by atoms with van der Waals surface area (Å²) >= 11 is 0. The first-order chi connectivity index (χ1) is 8.55. The Hall–Kier alpha value is -1.56. The zero-order valence-electron chi connectivity index (χ0n) is 11.0. The molecule has 2 atom stereocenters. The number of aryl methyl sites for hydroxylation is 1. The number of hydrogen-bond donors (Lipinski definition) is 2. The summed E-state index contributed by atoms with van der Waals surface area (Å²) in [5.41, 5.74) is 3.90. The van der Waals surface area contributed by atoms with Gasteiger partial charge in [-0.25, -0.2) is 0 Å². The fraction of sp³-hybridized carbons (Fsp3) is 0.462. The fourth-order valence-corrected chi connectivity index (χ4v) is 1.41. The van der Waals surface area contributed by atoms with Gasteiger partial charge in [0, 0.05) is 0 Å². The van der Waals surface area contributed by atoms with Gasteiger partial charge in [0.1, 0.15) is 0 Å². The molecule has 1 aromatic carbocycles. The van der Waals surface area contributed by atoms with Crippen LogP contribution in [0.5, 0.6) is 0 Å². The number of amides is 1. The van der Waals surface area contributed by atoms with Crippen molar-refractivity contribution in [2.45, 2.75) is 38.5 Å². The van der Waals surface area contributed by atoms with Crippen LogP contribution in [0.15, 0.2) is 24.3 Å². The Labute approximate surface area is 110 Å². The van der Waals surface area contributed by atoms with Gasteiger partial charge in [-0.05, 0) is 26.3 Å². The van der Waals surface area contributed by atoms with Crippen molar-refractivity contribution in [3.63, 3.8) is 0 Å². The summed E-state index contributed by atoms with van der Waals surface area (Å²) in [5.74, 6) is -1.24. The van der Waals surface area contributed by atoms with E-state index in [0.29, 0.717) is 6.92 Å². The van der Waals surface area contributed by atoms with Gasteiger partial charge in [0.15, 0.2) is 5.54 Å². The summed E-state index contributed by atoms with van der Waals surface area (Å²) in [6.45, 7) is 4.16. The average molecular weight is 274 g/mol. The van der Waals surface area contributed by atoms with Crippen molar-refractivity contribution in [2.75, 3.05) is 0 Å². The van der Waals surface area contributed by atoms with Crippen molar-refractivity contribution in [3.05, 3.63) is 35.4 Å². The summed E-state index contributed by atoms with van der Waals surface area (Å²) in [7, 11) is 0. The Kier molecular flexibility index (Phi) is 4.25. The van der Waals surface area contributed by atoms with Gasteiger partial charge in [-0.2, -0.15) is 13.2 Å². The van der Waals surface area contributed by atoms with Crippen molar-refractivity contribution in [1.82, 2.24) is 5.32 Å². The Morgan fingerprint density at radius 1 is 1.26 bits per heavy atom. The topological polar surface area (TPSA) is 55.1 Å². The molecule has 19 heavy (non-hydrogen) atoms. The van der Waals surface area contributed by atoms with Crippen LogP contribution in [0.25, 0.3) is 0 Å². The van der Waals surface area contributed by atoms with E-state index >= 15 is 0 Å². The molecule has 0 bridgehead atoms. The molecule has 1 aromatic rings. The van der Waals surface area contributed by atoms with E-state index < -0.39 is 23.7 Å². The van der Waals surface area contributed by atoms with Crippen LogP contribution in [0.3, 0.4) is 0 Å². The zero-order chi connectivity index (χ0) is 14.8. The molecule has 3 N–H and O–H groups in total. The monoisotopic (exact) mass is 274 g/mol. The Morgan fingerprint density at radius 3 is 2.16 bits per heavy atom. The lowest BCUT2D eigenvalue weighted by atomic mass is 10.0. The molecular formula is C13H17F3N2O. The molecule has 3 nitrogen and oxygen atoms in total. The van der Waals surface area contributed by atoms with Crippen molar-refractivity contribution in [3.8, 4) is 0 Å². The number of benzene rings is 1. The molecular weight excluding hydrogens is 257 g/mol. The zero-order valence-corrected chi connectivity index (χ0v) is 11.0. The number of carbonyl (C=O) groups is 1. The highest BCUT2D eigenvalue weighted by molar-refractivity contribution is 5.86. The van der Waals surface area contributed by atoms with Crippen molar-refractivity contribution < 1.29 is 18.0 Å². The second kappa shape index (κ2) is 5.21. The number of halogens is 3. The minimum atomic E-state index is -4.79. The highest BCUT2D eigenvalue weighted by Crippen LogP contribution is 2.28. The Balaban J connectivity index is 2.80.